The van der Waals surface area contributed by atoms with Gasteiger partial charge in [-0.25, -0.2) is 17.6 Å². The zero-order valence-electron chi connectivity index (χ0n) is 6.99. The Morgan fingerprint density at radius 2 is 1.79 bits per heavy atom. The van der Waals surface area contributed by atoms with E-state index < -0.39 is 23.3 Å². The first-order valence-corrected chi connectivity index (χ1v) is 4.03. The fourth-order valence-corrected chi connectivity index (χ4v) is 1.20. The average Bonchev–Trinajstić information content (AvgIpc) is 2.94. The molecule has 0 N–H and O–H groups in total. The Hall–Kier alpha value is -1.10. The van der Waals surface area contributed by atoms with Crippen molar-refractivity contribution in [2.24, 2.45) is 0 Å². The number of rotatable bonds is 2. The molecule has 0 amide bonds. The van der Waals surface area contributed by atoms with Gasteiger partial charge < -0.3 is 4.74 Å². The van der Waals surface area contributed by atoms with Crippen LogP contribution in [0.2, 0.25) is 0 Å². The van der Waals surface area contributed by atoms with Gasteiger partial charge in [-0.05, 0) is 11.6 Å². The molecule has 1 aromatic rings. The number of epoxide rings is 1. The lowest BCUT2D eigenvalue weighted by Crippen LogP contribution is -2.04. The molecule has 0 aromatic heterocycles. The Kier molecular flexibility index (Phi) is 2.19. The fraction of sp³-hybridized carbons (Fsp3) is 0.333. The van der Waals surface area contributed by atoms with Crippen molar-refractivity contribution in [2.45, 2.75) is 12.5 Å². The van der Waals surface area contributed by atoms with Gasteiger partial charge in [-0.3, -0.25) is 0 Å². The summed E-state index contributed by atoms with van der Waals surface area (Å²) in [6.45, 7) is 0.444. The van der Waals surface area contributed by atoms with Crippen molar-refractivity contribution in [1.82, 2.24) is 0 Å². The minimum Gasteiger partial charge on any atom is -0.373 e. The number of benzene rings is 1. The lowest BCUT2D eigenvalue weighted by molar-refractivity contribution is 0.387. The van der Waals surface area contributed by atoms with Crippen LogP contribution in [-0.4, -0.2) is 12.7 Å². The highest BCUT2D eigenvalue weighted by Gasteiger charge is 2.27. The molecule has 1 aromatic carbocycles. The van der Waals surface area contributed by atoms with Gasteiger partial charge in [0.15, 0.2) is 23.3 Å². The third kappa shape index (κ3) is 1.59. The predicted molar refractivity (Wildman–Crippen MR) is 39.7 cm³/mol. The predicted octanol–water partition coefficient (Wildman–Crippen LogP) is 2.18. The van der Waals surface area contributed by atoms with Gasteiger partial charge in [0.05, 0.1) is 12.7 Å². The van der Waals surface area contributed by atoms with E-state index in [2.05, 4.69) is 0 Å². The van der Waals surface area contributed by atoms with E-state index in [-0.39, 0.29) is 18.1 Å². The summed E-state index contributed by atoms with van der Waals surface area (Å²) in [5.41, 5.74) is -0.191. The Balaban J connectivity index is 2.38. The molecule has 1 heterocycles. The lowest BCUT2D eigenvalue weighted by atomic mass is 10.1. The monoisotopic (exact) mass is 206 g/mol. The standard InChI is InChI=1S/C9H6F4O/c10-6-2-4(1-5-3-14-5)7(11)9(13)8(6)12/h2,5H,1,3H2. The number of hydrogen-bond acceptors (Lipinski definition) is 1. The van der Waals surface area contributed by atoms with Gasteiger partial charge in [-0.2, -0.15) is 0 Å². The Morgan fingerprint density at radius 3 is 2.36 bits per heavy atom. The topological polar surface area (TPSA) is 12.5 Å². The summed E-state index contributed by atoms with van der Waals surface area (Å²) in [4.78, 5) is 0. The van der Waals surface area contributed by atoms with Crippen LogP contribution in [0, 0.1) is 23.3 Å². The van der Waals surface area contributed by atoms with E-state index in [4.69, 9.17) is 4.74 Å². The van der Waals surface area contributed by atoms with Crippen LogP contribution >= 0.6 is 0 Å². The second-order valence-electron chi connectivity index (χ2n) is 3.12. The molecule has 0 bridgehead atoms. The van der Waals surface area contributed by atoms with Crippen LogP contribution in [0.1, 0.15) is 5.56 Å². The molecule has 1 atom stereocenters. The summed E-state index contributed by atoms with van der Waals surface area (Å²) in [6.07, 6.45) is -0.131. The first-order chi connectivity index (χ1) is 6.59. The Morgan fingerprint density at radius 1 is 1.14 bits per heavy atom. The van der Waals surface area contributed by atoms with Crippen LogP contribution < -0.4 is 0 Å². The Labute approximate surface area is 77.3 Å². The van der Waals surface area contributed by atoms with E-state index >= 15 is 0 Å². The van der Waals surface area contributed by atoms with Crippen LogP contribution in [-0.2, 0) is 11.2 Å². The van der Waals surface area contributed by atoms with Crippen molar-refractivity contribution in [2.75, 3.05) is 6.61 Å². The van der Waals surface area contributed by atoms with Gasteiger partial charge >= 0.3 is 0 Å². The normalized spacial score (nSPS) is 19.9. The highest BCUT2D eigenvalue weighted by atomic mass is 19.2. The first-order valence-electron chi connectivity index (χ1n) is 4.03. The second kappa shape index (κ2) is 3.24. The fourth-order valence-electron chi connectivity index (χ4n) is 1.20. The van der Waals surface area contributed by atoms with E-state index in [1.165, 1.54) is 0 Å². The maximum Gasteiger partial charge on any atom is 0.197 e. The maximum atomic E-state index is 13.0. The van der Waals surface area contributed by atoms with Gasteiger partial charge in [0.2, 0.25) is 0 Å². The van der Waals surface area contributed by atoms with E-state index in [1.54, 1.807) is 0 Å². The van der Waals surface area contributed by atoms with Crippen molar-refractivity contribution >= 4 is 0 Å². The number of ether oxygens (including phenoxy) is 1. The smallest absolute Gasteiger partial charge is 0.197 e. The van der Waals surface area contributed by atoms with Crippen molar-refractivity contribution < 1.29 is 22.3 Å². The van der Waals surface area contributed by atoms with Crippen LogP contribution in [0.5, 0.6) is 0 Å². The molecule has 0 radical (unpaired) electrons. The quantitative estimate of drug-likeness (QED) is 0.312. The molecular weight excluding hydrogens is 200 g/mol. The van der Waals surface area contributed by atoms with Gasteiger partial charge in [-0.15, -0.1) is 0 Å². The summed E-state index contributed by atoms with van der Waals surface area (Å²) in [7, 11) is 0. The minimum absolute atomic E-state index is 0.0694. The SMILES string of the molecule is Fc1cc(CC2CO2)c(F)c(F)c1F. The molecule has 1 fully saturated rings. The van der Waals surface area contributed by atoms with Crippen molar-refractivity contribution in [3.63, 3.8) is 0 Å². The van der Waals surface area contributed by atoms with Gasteiger partial charge in [0, 0.05) is 6.42 Å². The molecule has 0 aliphatic carbocycles. The zero-order valence-corrected chi connectivity index (χ0v) is 6.99. The van der Waals surface area contributed by atoms with E-state index in [9.17, 15) is 17.6 Å². The molecular formula is C9H6F4O. The maximum absolute atomic E-state index is 13.0. The molecule has 1 aliphatic rings. The molecule has 1 aliphatic heterocycles. The Bertz CT molecular complexity index is 374. The molecule has 0 spiro atoms. The molecule has 76 valence electrons. The van der Waals surface area contributed by atoms with Crippen molar-refractivity contribution in [3.05, 3.63) is 34.9 Å². The van der Waals surface area contributed by atoms with Crippen molar-refractivity contribution in [3.8, 4) is 0 Å². The summed E-state index contributed by atoms with van der Waals surface area (Å²) in [5.74, 6) is -6.25. The zero-order chi connectivity index (χ0) is 10.3. The number of hydrogen-bond donors (Lipinski definition) is 0. The summed E-state index contributed by atoms with van der Waals surface area (Å²) < 4.78 is 55.6. The molecule has 1 nitrogen and oxygen atoms in total. The van der Waals surface area contributed by atoms with Crippen LogP contribution in [0.25, 0.3) is 0 Å². The van der Waals surface area contributed by atoms with Gasteiger partial charge in [-0.1, -0.05) is 0 Å². The molecule has 14 heavy (non-hydrogen) atoms. The van der Waals surface area contributed by atoms with Gasteiger partial charge in [0.1, 0.15) is 0 Å². The average molecular weight is 206 g/mol. The minimum atomic E-state index is -1.78. The van der Waals surface area contributed by atoms with Gasteiger partial charge in [0.25, 0.3) is 0 Å². The van der Waals surface area contributed by atoms with Crippen LogP contribution in [0.15, 0.2) is 6.07 Å². The molecule has 2 rings (SSSR count). The third-order valence-corrected chi connectivity index (χ3v) is 2.03. The van der Waals surface area contributed by atoms with Crippen LogP contribution in [0.4, 0.5) is 17.6 Å². The molecule has 0 saturated carbocycles. The van der Waals surface area contributed by atoms with Crippen LogP contribution in [0.3, 0.4) is 0 Å². The molecule has 1 unspecified atom stereocenters. The highest BCUT2D eigenvalue weighted by Crippen LogP contribution is 2.23. The lowest BCUT2D eigenvalue weighted by Gasteiger charge is -2.03. The largest absolute Gasteiger partial charge is 0.373 e. The number of halogens is 4. The summed E-state index contributed by atoms with van der Waals surface area (Å²) >= 11 is 0. The second-order valence-corrected chi connectivity index (χ2v) is 3.12. The first kappa shape index (κ1) is 9.45. The highest BCUT2D eigenvalue weighted by molar-refractivity contribution is 5.23. The van der Waals surface area contributed by atoms with E-state index in [0.717, 1.165) is 0 Å². The summed E-state index contributed by atoms with van der Waals surface area (Å²) in [6, 6.07) is 0.662. The molecule has 5 heteroatoms. The van der Waals surface area contributed by atoms with E-state index in [0.29, 0.717) is 12.7 Å². The summed E-state index contributed by atoms with van der Waals surface area (Å²) in [5, 5.41) is 0. The van der Waals surface area contributed by atoms with Crippen molar-refractivity contribution in [1.29, 1.82) is 0 Å². The molecule has 1 saturated heterocycles. The van der Waals surface area contributed by atoms with E-state index in [1.807, 2.05) is 0 Å². The third-order valence-electron chi connectivity index (χ3n) is 2.03.